The van der Waals surface area contributed by atoms with Crippen molar-refractivity contribution in [2.24, 2.45) is 4.99 Å². The fourth-order valence-corrected chi connectivity index (χ4v) is 3.58. The van der Waals surface area contributed by atoms with Gasteiger partial charge in [0.2, 0.25) is 5.91 Å². The van der Waals surface area contributed by atoms with Gasteiger partial charge in [0.05, 0.1) is 6.54 Å². The molecule has 28 heavy (non-hydrogen) atoms. The minimum atomic E-state index is -0.338. The molecule has 0 radical (unpaired) electrons. The molecular formula is C20H31ClFIN4O. The second kappa shape index (κ2) is 11.8. The number of amides is 1. The molecule has 0 aliphatic carbocycles. The average Bonchev–Trinajstić information content (AvgIpc) is 3.01. The molecule has 1 saturated heterocycles. The standard InChI is InChI=1S/C20H30ClFN4O.HI/c1-4-23-19(24-10-6-12-26-11-5-7-18(26)27)25-14-20(2,3)16-9-8-15(22)13-17(16)21;/h8-9,13H,4-7,10-12,14H2,1-3H3,(H2,23,24,25);1H. The molecule has 0 bridgehead atoms. The molecule has 0 unspecified atom stereocenters. The third kappa shape index (κ3) is 7.39. The molecule has 1 aromatic carbocycles. The van der Waals surface area contributed by atoms with E-state index in [-0.39, 0.29) is 41.1 Å². The lowest BCUT2D eigenvalue weighted by molar-refractivity contribution is -0.127. The molecule has 1 fully saturated rings. The SMILES string of the molecule is CCNC(=NCC(C)(C)c1ccc(F)cc1Cl)NCCCN1CCCC1=O.I. The number of aliphatic imine (C=N–C) groups is 1. The van der Waals surface area contributed by atoms with Gasteiger partial charge in [0.15, 0.2) is 5.96 Å². The lowest BCUT2D eigenvalue weighted by atomic mass is 9.84. The lowest BCUT2D eigenvalue weighted by Crippen LogP contribution is -2.40. The monoisotopic (exact) mass is 524 g/mol. The van der Waals surface area contributed by atoms with Crippen molar-refractivity contribution in [3.63, 3.8) is 0 Å². The number of hydrogen-bond donors (Lipinski definition) is 2. The van der Waals surface area contributed by atoms with Crippen LogP contribution in [0.15, 0.2) is 23.2 Å². The Labute approximate surface area is 189 Å². The molecule has 1 aliphatic heterocycles. The van der Waals surface area contributed by atoms with Gasteiger partial charge in [-0.05, 0) is 37.5 Å². The van der Waals surface area contributed by atoms with E-state index in [1.807, 2.05) is 25.7 Å². The van der Waals surface area contributed by atoms with E-state index in [1.165, 1.54) is 12.1 Å². The summed E-state index contributed by atoms with van der Waals surface area (Å²) in [4.78, 5) is 18.2. The maximum absolute atomic E-state index is 13.3. The first-order chi connectivity index (χ1) is 12.8. The van der Waals surface area contributed by atoms with Gasteiger partial charge in [-0.3, -0.25) is 9.79 Å². The smallest absolute Gasteiger partial charge is 0.222 e. The highest BCUT2D eigenvalue weighted by Gasteiger charge is 2.24. The van der Waals surface area contributed by atoms with E-state index >= 15 is 0 Å². The summed E-state index contributed by atoms with van der Waals surface area (Å²) < 4.78 is 13.3. The first-order valence-electron chi connectivity index (χ1n) is 9.59. The van der Waals surface area contributed by atoms with Gasteiger partial charge >= 0.3 is 0 Å². The Bertz CT molecular complexity index is 684. The third-order valence-electron chi connectivity index (χ3n) is 4.71. The number of rotatable bonds is 8. The van der Waals surface area contributed by atoms with Crippen molar-refractivity contribution in [3.05, 3.63) is 34.6 Å². The van der Waals surface area contributed by atoms with Gasteiger partial charge < -0.3 is 15.5 Å². The average molecular weight is 525 g/mol. The van der Waals surface area contributed by atoms with E-state index in [2.05, 4.69) is 15.6 Å². The van der Waals surface area contributed by atoms with Gasteiger partial charge in [0.1, 0.15) is 5.82 Å². The van der Waals surface area contributed by atoms with E-state index in [0.29, 0.717) is 18.0 Å². The number of benzene rings is 1. The van der Waals surface area contributed by atoms with Crippen LogP contribution in [-0.2, 0) is 10.2 Å². The Morgan fingerprint density at radius 3 is 2.71 bits per heavy atom. The maximum atomic E-state index is 13.3. The van der Waals surface area contributed by atoms with Crippen LogP contribution in [0.1, 0.15) is 45.6 Å². The molecule has 1 aromatic rings. The molecule has 0 saturated carbocycles. The van der Waals surface area contributed by atoms with Crippen LogP contribution in [0.3, 0.4) is 0 Å². The number of nitrogens with one attached hydrogen (secondary N) is 2. The highest BCUT2D eigenvalue weighted by molar-refractivity contribution is 14.0. The Balaban J connectivity index is 0.00000392. The molecular weight excluding hydrogens is 494 g/mol. The van der Waals surface area contributed by atoms with Crippen molar-refractivity contribution >= 4 is 47.4 Å². The fourth-order valence-electron chi connectivity index (χ4n) is 3.16. The van der Waals surface area contributed by atoms with Gasteiger partial charge in [0.25, 0.3) is 0 Å². The summed E-state index contributed by atoms with van der Waals surface area (Å²) in [6.45, 7) is 9.76. The largest absolute Gasteiger partial charge is 0.357 e. The number of carbonyl (C=O) groups is 1. The van der Waals surface area contributed by atoms with Crippen molar-refractivity contribution in [1.82, 2.24) is 15.5 Å². The van der Waals surface area contributed by atoms with Gasteiger partial charge in [0, 0.05) is 43.0 Å². The Kier molecular flexibility index (Phi) is 10.5. The van der Waals surface area contributed by atoms with E-state index in [4.69, 9.17) is 11.6 Å². The topological polar surface area (TPSA) is 56.7 Å². The highest BCUT2D eigenvalue weighted by Crippen LogP contribution is 2.30. The molecule has 2 rings (SSSR count). The van der Waals surface area contributed by atoms with Crippen LogP contribution in [0.5, 0.6) is 0 Å². The van der Waals surface area contributed by atoms with Crippen LogP contribution in [0, 0.1) is 5.82 Å². The molecule has 0 atom stereocenters. The Morgan fingerprint density at radius 2 is 2.11 bits per heavy atom. The summed E-state index contributed by atoms with van der Waals surface area (Å²) in [5, 5.41) is 6.97. The summed E-state index contributed by atoms with van der Waals surface area (Å²) in [5.41, 5.74) is 0.549. The molecule has 5 nitrogen and oxygen atoms in total. The molecule has 8 heteroatoms. The van der Waals surface area contributed by atoms with Gasteiger partial charge in [-0.25, -0.2) is 4.39 Å². The lowest BCUT2D eigenvalue weighted by Gasteiger charge is -2.25. The summed E-state index contributed by atoms with van der Waals surface area (Å²) in [6.07, 6.45) is 2.53. The van der Waals surface area contributed by atoms with Crippen molar-refractivity contribution in [1.29, 1.82) is 0 Å². The molecule has 0 aromatic heterocycles. The fraction of sp³-hybridized carbons (Fsp3) is 0.600. The molecule has 2 N–H and O–H groups in total. The number of guanidine groups is 1. The van der Waals surface area contributed by atoms with Crippen molar-refractivity contribution in [2.45, 2.75) is 45.4 Å². The summed E-state index contributed by atoms with van der Waals surface area (Å²) in [6, 6.07) is 4.49. The molecule has 0 spiro atoms. The van der Waals surface area contributed by atoms with Crippen LogP contribution in [-0.4, -0.2) is 49.5 Å². The number of carbonyl (C=O) groups excluding carboxylic acids is 1. The van der Waals surface area contributed by atoms with Crippen LogP contribution < -0.4 is 10.6 Å². The molecule has 1 heterocycles. The van der Waals surface area contributed by atoms with Crippen LogP contribution in [0.25, 0.3) is 0 Å². The van der Waals surface area contributed by atoms with E-state index in [9.17, 15) is 9.18 Å². The second-order valence-corrected chi connectivity index (χ2v) is 7.88. The molecule has 158 valence electrons. The predicted octanol–water partition coefficient (Wildman–Crippen LogP) is 3.94. The summed E-state index contributed by atoms with van der Waals surface area (Å²) in [5.74, 6) is 0.652. The van der Waals surface area contributed by atoms with Crippen molar-refractivity contribution in [3.8, 4) is 0 Å². The van der Waals surface area contributed by atoms with E-state index in [1.54, 1.807) is 6.07 Å². The van der Waals surface area contributed by atoms with Crippen molar-refractivity contribution < 1.29 is 9.18 Å². The van der Waals surface area contributed by atoms with E-state index < -0.39 is 0 Å². The molecule has 1 amide bonds. The van der Waals surface area contributed by atoms with Crippen molar-refractivity contribution in [2.75, 3.05) is 32.7 Å². The Hall–Kier alpha value is -1.09. The highest BCUT2D eigenvalue weighted by atomic mass is 127. The number of likely N-dealkylation sites (tertiary alicyclic amines) is 1. The minimum Gasteiger partial charge on any atom is -0.357 e. The van der Waals surface area contributed by atoms with Gasteiger partial charge in [-0.2, -0.15) is 0 Å². The van der Waals surface area contributed by atoms with Gasteiger partial charge in [-0.15, -0.1) is 24.0 Å². The minimum absolute atomic E-state index is 0. The zero-order valence-corrected chi connectivity index (χ0v) is 19.9. The summed E-state index contributed by atoms with van der Waals surface area (Å²) >= 11 is 6.22. The number of nitrogens with zero attached hydrogens (tertiary/aromatic N) is 2. The number of hydrogen-bond acceptors (Lipinski definition) is 2. The summed E-state index contributed by atoms with van der Waals surface area (Å²) in [7, 11) is 0. The second-order valence-electron chi connectivity index (χ2n) is 7.47. The Morgan fingerprint density at radius 1 is 1.36 bits per heavy atom. The van der Waals surface area contributed by atoms with Crippen LogP contribution in [0.4, 0.5) is 4.39 Å². The first-order valence-corrected chi connectivity index (χ1v) is 9.97. The maximum Gasteiger partial charge on any atom is 0.222 e. The normalized spacial score (nSPS) is 14.8. The third-order valence-corrected chi connectivity index (χ3v) is 5.02. The first kappa shape index (κ1) is 24.9. The predicted molar refractivity (Wildman–Crippen MR) is 124 cm³/mol. The van der Waals surface area contributed by atoms with Crippen LogP contribution >= 0.6 is 35.6 Å². The zero-order valence-electron chi connectivity index (χ0n) is 16.9. The molecule has 1 aliphatic rings. The quantitative estimate of drug-likeness (QED) is 0.234. The van der Waals surface area contributed by atoms with Gasteiger partial charge in [-0.1, -0.05) is 31.5 Å². The van der Waals surface area contributed by atoms with Crippen LogP contribution in [0.2, 0.25) is 5.02 Å². The number of halogens is 3. The zero-order chi connectivity index (χ0) is 19.9. The van der Waals surface area contributed by atoms with E-state index in [0.717, 1.165) is 50.5 Å².